The van der Waals surface area contributed by atoms with Gasteiger partial charge in [0.05, 0.1) is 25.6 Å². The summed E-state index contributed by atoms with van der Waals surface area (Å²) in [5.74, 6) is 2.93. The lowest BCUT2D eigenvalue weighted by Crippen LogP contribution is -2.32. The highest BCUT2D eigenvalue weighted by atomic mass is 16.5. The van der Waals surface area contributed by atoms with Crippen molar-refractivity contribution in [3.63, 3.8) is 0 Å². The molecule has 142 valence electrons. The molecule has 0 aliphatic carbocycles. The van der Waals surface area contributed by atoms with E-state index < -0.39 is 0 Å². The van der Waals surface area contributed by atoms with Gasteiger partial charge < -0.3 is 9.47 Å². The minimum absolute atomic E-state index is 0.121. The van der Waals surface area contributed by atoms with E-state index in [-0.39, 0.29) is 5.92 Å². The third-order valence-corrected chi connectivity index (χ3v) is 5.08. The Kier molecular flexibility index (Phi) is 4.17. The maximum atomic E-state index is 5.26. The van der Waals surface area contributed by atoms with Crippen molar-refractivity contribution in [2.24, 2.45) is 25.9 Å². The number of nitrogens with zero attached hydrogens (tertiary/aromatic N) is 4. The third kappa shape index (κ3) is 3.08. The lowest BCUT2D eigenvalue weighted by molar-refractivity contribution is 0.414. The smallest absolute Gasteiger partial charge is 0.145 e. The number of dihydropyridines is 1. The van der Waals surface area contributed by atoms with Crippen molar-refractivity contribution in [2.75, 3.05) is 14.2 Å². The zero-order chi connectivity index (χ0) is 19.8. The fourth-order valence-corrected chi connectivity index (χ4v) is 3.55. The third-order valence-electron chi connectivity index (χ3n) is 5.08. The lowest BCUT2D eigenvalue weighted by atomic mass is 9.87. The highest BCUT2D eigenvalue weighted by molar-refractivity contribution is 6.26. The molecule has 5 rings (SSSR count). The van der Waals surface area contributed by atoms with Crippen LogP contribution in [0.2, 0.25) is 0 Å². The lowest BCUT2D eigenvalue weighted by Gasteiger charge is -2.27. The molecule has 1 unspecified atom stereocenters. The summed E-state index contributed by atoms with van der Waals surface area (Å²) < 4.78 is 10.5. The van der Waals surface area contributed by atoms with Crippen LogP contribution in [-0.4, -0.2) is 37.9 Å². The van der Waals surface area contributed by atoms with E-state index in [4.69, 9.17) is 19.5 Å². The summed E-state index contributed by atoms with van der Waals surface area (Å²) in [6.45, 7) is 0. The molecule has 6 nitrogen and oxygen atoms in total. The Balaban J connectivity index is 1.58. The molecule has 0 fully saturated rings. The zero-order valence-electron chi connectivity index (χ0n) is 16.0. The zero-order valence-corrected chi connectivity index (χ0v) is 16.0. The molecule has 2 aromatic carbocycles. The maximum Gasteiger partial charge on any atom is 0.145 e. The van der Waals surface area contributed by atoms with Crippen molar-refractivity contribution in [3.05, 3.63) is 77.4 Å². The first kappa shape index (κ1) is 17.3. The van der Waals surface area contributed by atoms with Gasteiger partial charge in [0.15, 0.2) is 0 Å². The molecule has 0 amide bonds. The first-order valence-electron chi connectivity index (χ1n) is 9.25. The van der Waals surface area contributed by atoms with E-state index in [0.29, 0.717) is 11.7 Å². The Morgan fingerprint density at radius 1 is 0.724 bits per heavy atom. The number of allylic oxidation sites excluding steroid dienone is 2. The van der Waals surface area contributed by atoms with E-state index in [1.807, 2.05) is 48.5 Å². The second-order valence-electron chi connectivity index (χ2n) is 6.76. The summed E-state index contributed by atoms with van der Waals surface area (Å²) >= 11 is 0. The number of amidine groups is 2. The minimum atomic E-state index is -0.121. The van der Waals surface area contributed by atoms with Gasteiger partial charge in [-0.3, -0.25) is 0 Å². The topological polar surface area (TPSA) is 67.9 Å². The number of hydrogen-bond acceptors (Lipinski definition) is 6. The Morgan fingerprint density at radius 3 is 2.03 bits per heavy atom. The van der Waals surface area contributed by atoms with Gasteiger partial charge in [-0.25, -0.2) is 20.0 Å². The molecular weight excluding hydrogens is 364 g/mol. The van der Waals surface area contributed by atoms with Crippen LogP contribution in [0.5, 0.6) is 11.5 Å². The summed E-state index contributed by atoms with van der Waals surface area (Å²) in [6.07, 6.45) is 5.70. The van der Waals surface area contributed by atoms with Gasteiger partial charge in [-0.2, -0.15) is 0 Å². The fraction of sp³-hybridized carbons (Fsp3) is 0.130. The molecule has 3 aliphatic heterocycles. The molecule has 3 heterocycles. The Bertz CT molecular complexity index is 1100. The highest BCUT2D eigenvalue weighted by Crippen LogP contribution is 2.34. The highest BCUT2D eigenvalue weighted by Gasteiger charge is 2.34. The molecule has 1 atom stereocenters. The standard InChI is InChI=1S/C23H18N4O2/c1-28-17-7-3-14(4-8-17)19-11-16-12-20(15-5-9-18(29-2)10-6-15)27-23-21(16)22(26-19)24-13-25-23/h3-13,21H,1-2H3. The molecule has 0 saturated carbocycles. The van der Waals surface area contributed by atoms with Crippen molar-refractivity contribution < 1.29 is 9.47 Å². The van der Waals surface area contributed by atoms with Crippen LogP contribution < -0.4 is 9.47 Å². The van der Waals surface area contributed by atoms with Gasteiger partial charge >= 0.3 is 0 Å². The average molecular weight is 382 g/mol. The van der Waals surface area contributed by atoms with Crippen molar-refractivity contribution in [2.45, 2.75) is 0 Å². The number of methoxy groups -OCH3 is 2. The van der Waals surface area contributed by atoms with Crippen molar-refractivity contribution in [1.29, 1.82) is 0 Å². The fourth-order valence-electron chi connectivity index (χ4n) is 3.55. The van der Waals surface area contributed by atoms with Crippen LogP contribution in [0, 0.1) is 5.92 Å². The van der Waals surface area contributed by atoms with Crippen LogP contribution in [0.15, 0.2) is 86.2 Å². The molecule has 0 saturated heterocycles. The number of rotatable bonds is 4. The van der Waals surface area contributed by atoms with E-state index in [1.165, 1.54) is 6.34 Å². The molecule has 0 bridgehead atoms. The second-order valence-corrected chi connectivity index (χ2v) is 6.76. The maximum absolute atomic E-state index is 5.26. The van der Waals surface area contributed by atoms with Gasteiger partial charge in [-0.15, -0.1) is 0 Å². The molecule has 6 heteroatoms. The van der Waals surface area contributed by atoms with Crippen molar-refractivity contribution in [3.8, 4) is 11.5 Å². The molecule has 3 aliphatic rings. The van der Waals surface area contributed by atoms with Crippen LogP contribution >= 0.6 is 0 Å². The molecule has 29 heavy (non-hydrogen) atoms. The molecule has 0 spiro atoms. The average Bonchev–Trinajstić information content (AvgIpc) is 2.79. The summed E-state index contributed by atoms with van der Waals surface area (Å²) in [7, 11) is 3.31. The van der Waals surface area contributed by atoms with E-state index in [0.717, 1.165) is 39.6 Å². The predicted octanol–water partition coefficient (Wildman–Crippen LogP) is 3.94. The predicted molar refractivity (Wildman–Crippen MR) is 115 cm³/mol. The van der Waals surface area contributed by atoms with E-state index in [2.05, 4.69) is 22.1 Å². The van der Waals surface area contributed by atoms with Gasteiger partial charge in [0.25, 0.3) is 0 Å². The molecule has 0 N–H and O–H groups in total. The van der Waals surface area contributed by atoms with E-state index >= 15 is 0 Å². The first-order valence-corrected chi connectivity index (χ1v) is 9.25. The number of aliphatic imine (C=N–C) groups is 4. The first-order chi connectivity index (χ1) is 14.2. The Hall–Kier alpha value is -3.80. The number of ether oxygens (including phenoxy) is 2. The largest absolute Gasteiger partial charge is 0.497 e. The summed E-state index contributed by atoms with van der Waals surface area (Å²) in [5.41, 5.74) is 4.81. The Morgan fingerprint density at radius 2 is 1.38 bits per heavy atom. The van der Waals surface area contributed by atoms with Crippen LogP contribution in [0.1, 0.15) is 11.1 Å². The SMILES string of the molecule is COc1ccc(C2=CC3=CC(c4ccc(OC)cc4)=NC4=NC=NC(=N2)C34)cc1. The normalized spacial score (nSPS) is 19.2. The molecule has 0 aromatic heterocycles. The molecule has 2 aromatic rings. The van der Waals surface area contributed by atoms with E-state index in [1.54, 1.807) is 14.2 Å². The summed E-state index contributed by atoms with van der Waals surface area (Å²) in [6, 6.07) is 15.7. The van der Waals surface area contributed by atoms with E-state index in [9.17, 15) is 0 Å². The number of benzene rings is 2. The van der Waals surface area contributed by atoms with Crippen LogP contribution in [0.25, 0.3) is 5.70 Å². The van der Waals surface area contributed by atoms with Crippen LogP contribution in [-0.2, 0) is 0 Å². The summed E-state index contributed by atoms with van der Waals surface area (Å²) in [4.78, 5) is 18.3. The van der Waals surface area contributed by atoms with Gasteiger partial charge in [0.1, 0.15) is 35.4 Å². The van der Waals surface area contributed by atoms with Gasteiger partial charge in [0.2, 0.25) is 0 Å². The van der Waals surface area contributed by atoms with Crippen LogP contribution in [0.3, 0.4) is 0 Å². The Labute approximate surface area is 168 Å². The molecule has 0 radical (unpaired) electrons. The van der Waals surface area contributed by atoms with Gasteiger partial charge in [-0.1, -0.05) is 0 Å². The number of hydrogen-bond donors (Lipinski definition) is 0. The minimum Gasteiger partial charge on any atom is -0.497 e. The quantitative estimate of drug-likeness (QED) is 0.804. The monoisotopic (exact) mass is 382 g/mol. The molecular formula is C23H18N4O2. The van der Waals surface area contributed by atoms with Gasteiger partial charge in [-0.05, 0) is 66.3 Å². The second kappa shape index (κ2) is 6.98. The van der Waals surface area contributed by atoms with Crippen molar-refractivity contribution in [1.82, 2.24) is 0 Å². The summed E-state index contributed by atoms with van der Waals surface area (Å²) in [5, 5.41) is 0. The van der Waals surface area contributed by atoms with Crippen molar-refractivity contribution >= 4 is 29.4 Å². The van der Waals surface area contributed by atoms with Gasteiger partial charge in [0, 0.05) is 11.1 Å². The van der Waals surface area contributed by atoms with Crippen LogP contribution in [0.4, 0.5) is 0 Å².